The number of amides is 1. The number of nitriles is 1. The highest BCUT2D eigenvalue weighted by Crippen LogP contribution is 2.31. The van der Waals surface area contributed by atoms with Crippen molar-refractivity contribution in [2.75, 3.05) is 13.6 Å². The van der Waals surface area contributed by atoms with Crippen LogP contribution in [0.3, 0.4) is 0 Å². The van der Waals surface area contributed by atoms with E-state index >= 15 is 0 Å². The minimum atomic E-state index is -0.707. The van der Waals surface area contributed by atoms with E-state index in [9.17, 15) is 4.79 Å². The number of carbonyl (C=O) groups is 1. The van der Waals surface area contributed by atoms with Gasteiger partial charge in [0.2, 0.25) is 5.91 Å². The van der Waals surface area contributed by atoms with Crippen LogP contribution in [0.1, 0.15) is 39.5 Å². The van der Waals surface area contributed by atoms with Crippen molar-refractivity contribution in [2.45, 2.75) is 45.1 Å². The maximum Gasteiger partial charge on any atom is 0.242 e. The Hall–Kier alpha value is -1.08. The van der Waals surface area contributed by atoms with E-state index < -0.39 is 5.54 Å². The van der Waals surface area contributed by atoms with Gasteiger partial charge >= 0.3 is 0 Å². The van der Waals surface area contributed by atoms with E-state index in [2.05, 4.69) is 13.0 Å². The Kier molecular flexibility index (Phi) is 4.53. The molecule has 0 bridgehead atoms. The van der Waals surface area contributed by atoms with Gasteiger partial charge in [-0.1, -0.05) is 19.8 Å². The van der Waals surface area contributed by atoms with Gasteiger partial charge in [0.05, 0.1) is 17.5 Å². The maximum atomic E-state index is 12.3. The van der Waals surface area contributed by atoms with Gasteiger partial charge in [0.15, 0.2) is 0 Å². The second-order valence-corrected chi connectivity index (χ2v) is 5.57. The molecule has 1 amide bonds. The number of nitrogens with zero attached hydrogens (tertiary/aromatic N) is 2. The Morgan fingerprint density at radius 1 is 1.71 bits per heavy atom. The van der Waals surface area contributed by atoms with Crippen molar-refractivity contribution in [3.8, 4) is 6.07 Å². The Morgan fingerprint density at radius 2 is 2.35 bits per heavy atom. The van der Waals surface area contributed by atoms with Crippen LogP contribution in [-0.4, -0.2) is 29.9 Å². The van der Waals surface area contributed by atoms with E-state index in [0.717, 1.165) is 25.7 Å². The van der Waals surface area contributed by atoms with Gasteiger partial charge in [-0.05, 0) is 25.7 Å². The number of carbonyl (C=O) groups excluding carboxylic acids is 1. The minimum Gasteiger partial charge on any atom is -0.343 e. The summed E-state index contributed by atoms with van der Waals surface area (Å²) in [5, 5.41) is 8.76. The van der Waals surface area contributed by atoms with Gasteiger partial charge in [-0.25, -0.2) is 0 Å². The second kappa shape index (κ2) is 5.50. The van der Waals surface area contributed by atoms with E-state index in [1.54, 1.807) is 11.9 Å². The fourth-order valence-electron chi connectivity index (χ4n) is 2.70. The molecule has 0 aromatic rings. The highest BCUT2D eigenvalue weighted by Gasteiger charge is 2.39. The molecule has 0 aliphatic heterocycles. The fraction of sp³-hybridized carbons (Fsp3) is 0.846. The first-order chi connectivity index (χ1) is 7.89. The van der Waals surface area contributed by atoms with Crippen LogP contribution in [0.25, 0.3) is 0 Å². The normalized spacial score (nSPS) is 30.4. The summed E-state index contributed by atoms with van der Waals surface area (Å²) in [6.45, 7) is 4.42. The zero-order valence-corrected chi connectivity index (χ0v) is 11.1. The van der Waals surface area contributed by atoms with E-state index in [1.807, 2.05) is 6.92 Å². The summed E-state index contributed by atoms with van der Waals surface area (Å²) in [6.07, 6.45) is 3.70. The first-order valence-electron chi connectivity index (χ1n) is 6.33. The molecule has 1 aliphatic rings. The SMILES string of the molecule is CC(C#N)CN(C)C(=O)C1(N)CCCC(C)C1. The molecule has 0 radical (unpaired) electrons. The summed E-state index contributed by atoms with van der Waals surface area (Å²) in [7, 11) is 1.74. The molecule has 96 valence electrons. The minimum absolute atomic E-state index is 0.00819. The Balaban J connectivity index is 2.65. The van der Waals surface area contributed by atoms with Gasteiger partial charge in [0, 0.05) is 13.6 Å². The van der Waals surface area contributed by atoms with E-state index in [4.69, 9.17) is 11.0 Å². The van der Waals surface area contributed by atoms with Crippen molar-refractivity contribution < 1.29 is 4.79 Å². The summed E-state index contributed by atoms with van der Waals surface area (Å²) in [6, 6.07) is 2.14. The lowest BCUT2D eigenvalue weighted by Crippen LogP contribution is -2.57. The number of likely N-dealkylation sites (N-methyl/N-ethyl adjacent to an activating group) is 1. The van der Waals surface area contributed by atoms with Crippen molar-refractivity contribution in [1.29, 1.82) is 5.26 Å². The van der Waals surface area contributed by atoms with Crippen LogP contribution in [0.4, 0.5) is 0 Å². The van der Waals surface area contributed by atoms with Crippen molar-refractivity contribution in [2.24, 2.45) is 17.6 Å². The maximum absolute atomic E-state index is 12.3. The molecule has 1 rings (SSSR count). The first-order valence-corrected chi connectivity index (χ1v) is 6.33. The molecule has 0 heterocycles. The molecule has 0 spiro atoms. The quantitative estimate of drug-likeness (QED) is 0.809. The molecule has 0 aromatic heterocycles. The predicted octanol–water partition coefficient (Wildman–Crippen LogP) is 1.51. The van der Waals surface area contributed by atoms with Gasteiger partial charge in [0.25, 0.3) is 0 Å². The molecule has 3 atom stereocenters. The largest absolute Gasteiger partial charge is 0.343 e. The molecule has 2 N–H and O–H groups in total. The van der Waals surface area contributed by atoms with E-state index in [1.165, 1.54) is 0 Å². The third-order valence-electron chi connectivity index (χ3n) is 3.57. The van der Waals surface area contributed by atoms with Gasteiger partial charge in [-0.15, -0.1) is 0 Å². The topological polar surface area (TPSA) is 70.1 Å². The van der Waals surface area contributed by atoms with Crippen LogP contribution >= 0.6 is 0 Å². The molecule has 3 unspecified atom stereocenters. The van der Waals surface area contributed by atoms with Crippen molar-refractivity contribution in [3.63, 3.8) is 0 Å². The molecule has 4 nitrogen and oxygen atoms in total. The molecule has 0 aromatic carbocycles. The average Bonchev–Trinajstić information content (AvgIpc) is 2.27. The molecular weight excluding hydrogens is 214 g/mol. The Labute approximate surface area is 104 Å². The zero-order chi connectivity index (χ0) is 13.1. The summed E-state index contributed by atoms with van der Waals surface area (Å²) < 4.78 is 0. The molecule has 1 aliphatic carbocycles. The van der Waals surface area contributed by atoms with Crippen LogP contribution in [0.2, 0.25) is 0 Å². The Morgan fingerprint density at radius 3 is 2.88 bits per heavy atom. The highest BCUT2D eigenvalue weighted by atomic mass is 16.2. The first kappa shape index (κ1) is 14.0. The third-order valence-corrected chi connectivity index (χ3v) is 3.57. The van der Waals surface area contributed by atoms with Gasteiger partial charge < -0.3 is 10.6 Å². The summed E-state index contributed by atoms with van der Waals surface area (Å²) >= 11 is 0. The van der Waals surface area contributed by atoms with E-state index in [0.29, 0.717) is 12.5 Å². The summed E-state index contributed by atoms with van der Waals surface area (Å²) in [5.74, 6) is 0.360. The molecule has 17 heavy (non-hydrogen) atoms. The lowest BCUT2D eigenvalue weighted by Gasteiger charge is -2.38. The lowest BCUT2D eigenvalue weighted by molar-refractivity contribution is -0.137. The smallest absolute Gasteiger partial charge is 0.242 e. The van der Waals surface area contributed by atoms with Crippen LogP contribution in [0.5, 0.6) is 0 Å². The van der Waals surface area contributed by atoms with Crippen LogP contribution in [0.15, 0.2) is 0 Å². The summed E-state index contributed by atoms with van der Waals surface area (Å²) in [4.78, 5) is 13.9. The standard InChI is InChI=1S/C13H23N3O/c1-10-5-4-6-13(15,7-10)12(17)16(3)9-11(2)8-14/h10-11H,4-7,9,15H2,1-3H3. The Bertz CT molecular complexity index is 323. The van der Waals surface area contributed by atoms with Crippen molar-refractivity contribution in [3.05, 3.63) is 0 Å². The van der Waals surface area contributed by atoms with Crippen molar-refractivity contribution >= 4 is 5.91 Å². The van der Waals surface area contributed by atoms with Crippen LogP contribution in [0, 0.1) is 23.2 Å². The molecule has 1 fully saturated rings. The van der Waals surface area contributed by atoms with Crippen LogP contribution in [-0.2, 0) is 4.79 Å². The highest BCUT2D eigenvalue weighted by molar-refractivity contribution is 5.86. The fourth-order valence-corrected chi connectivity index (χ4v) is 2.70. The van der Waals surface area contributed by atoms with Gasteiger partial charge in [-0.3, -0.25) is 4.79 Å². The van der Waals surface area contributed by atoms with Crippen LogP contribution < -0.4 is 5.73 Å². The number of rotatable bonds is 3. The number of hydrogen-bond acceptors (Lipinski definition) is 3. The van der Waals surface area contributed by atoms with E-state index in [-0.39, 0.29) is 11.8 Å². The molecule has 4 heteroatoms. The lowest BCUT2D eigenvalue weighted by atomic mass is 9.76. The van der Waals surface area contributed by atoms with Crippen molar-refractivity contribution in [1.82, 2.24) is 4.90 Å². The zero-order valence-electron chi connectivity index (χ0n) is 11.1. The molecular formula is C13H23N3O. The predicted molar refractivity (Wildman–Crippen MR) is 67.0 cm³/mol. The average molecular weight is 237 g/mol. The second-order valence-electron chi connectivity index (χ2n) is 5.57. The van der Waals surface area contributed by atoms with Gasteiger partial charge in [0.1, 0.15) is 0 Å². The third kappa shape index (κ3) is 3.44. The van der Waals surface area contributed by atoms with Gasteiger partial charge in [-0.2, -0.15) is 5.26 Å². The number of hydrogen-bond donors (Lipinski definition) is 1. The molecule has 0 saturated heterocycles. The molecule has 1 saturated carbocycles. The monoisotopic (exact) mass is 237 g/mol. The number of nitrogens with two attached hydrogens (primary N) is 1. The summed E-state index contributed by atoms with van der Waals surface area (Å²) in [5.41, 5.74) is 5.53.